The van der Waals surface area contributed by atoms with Crippen LogP contribution in [0, 0.1) is 0 Å². The van der Waals surface area contributed by atoms with Crippen LogP contribution in [0.25, 0.3) is 11.1 Å². The lowest BCUT2D eigenvalue weighted by atomic mass is 9.95. The number of hydrogen-bond acceptors (Lipinski definition) is 3. The molecule has 3 nitrogen and oxygen atoms in total. The van der Waals surface area contributed by atoms with Crippen LogP contribution in [0.5, 0.6) is 5.75 Å². The van der Waals surface area contributed by atoms with Crippen molar-refractivity contribution < 1.29 is 9.57 Å². The maximum absolute atomic E-state index is 5.89. The maximum atomic E-state index is 5.89. The van der Waals surface area contributed by atoms with Gasteiger partial charge in [0.2, 0.25) is 0 Å². The number of nitrogens with one attached hydrogen (secondary N) is 1. The van der Waals surface area contributed by atoms with Gasteiger partial charge in [0, 0.05) is 17.5 Å². The molecule has 3 rings (SSSR count). The third-order valence-electron chi connectivity index (χ3n) is 3.42. The third-order valence-corrected chi connectivity index (χ3v) is 3.42. The molecule has 0 spiro atoms. The lowest BCUT2D eigenvalue weighted by Gasteiger charge is -2.27. The van der Waals surface area contributed by atoms with Crippen molar-refractivity contribution in [3.8, 4) is 16.9 Å². The quantitative estimate of drug-likeness (QED) is 0.853. The smallest absolute Gasteiger partial charge is 0.131 e. The van der Waals surface area contributed by atoms with Gasteiger partial charge in [0.05, 0.1) is 19.8 Å². The van der Waals surface area contributed by atoms with E-state index in [1.165, 1.54) is 5.56 Å². The van der Waals surface area contributed by atoms with Gasteiger partial charge in [-0.2, -0.15) is 5.48 Å². The van der Waals surface area contributed by atoms with Crippen molar-refractivity contribution in [2.45, 2.75) is 12.5 Å². The first-order valence-electron chi connectivity index (χ1n) is 6.50. The highest BCUT2D eigenvalue weighted by molar-refractivity contribution is 5.72. The van der Waals surface area contributed by atoms with Crippen molar-refractivity contribution in [1.82, 2.24) is 5.48 Å². The normalized spacial score (nSPS) is 17.6. The van der Waals surface area contributed by atoms with Crippen LogP contribution in [0.3, 0.4) is 0 Å². The Balaban J connectivity index is 2.06. The monoisotopic (exact) mass is 255 g/mol. The molecule has 0 radical (unpaired) electrons. The fraction of sp³-hybridized carbons (Fsp3) is 0.250. The van der Waals surface area contributed by atoms with Crippen LogP contribution in [0.2, 0.25) is 0 Å². The number of hydroxylamine groups is 1. The van der Waals surface area contributed by atoms with Gasteiger partial charge in [-0.3, -0.25) is 0 Å². The van der Waals surface area contributed by atoms with Gasteiger partial charge >= 0.3 is 0 Å². The van der Waals surface area contributed by atoms with E-state index in [0.717, 1.165) is 23.3 Å². The van der Waals surface area contributed by atoms with Gasteiger partial charge < -0.3 is 9.57 Å². The lowest BCUT2D eigenvalue weighted by Crippen LogP contribution is -2.26. The number of benzene rings is 2. The predicted molar refractivity (Wildman–Crippen MR) is 74.9 cm³/mol. The number of para-hydroxylation sites is 1. The second kappa shape index (κ2) is 5.43. The first-order valence-corrected chi connectivity index (χ1v) is 6.50. The van der Waals surface area contributed by atoms with Crippen LogP contribution in [0.1, 0.15) is 18.0 Å². The summed E-state index contributed by atoms with van der Waals surface area (Å²) in [6, 6.07) is 16.8. The molecule has 19 heavy (non-hydrogen) atoms. The van der Waals surface area contributed by atoms with Crippen molar-refractivity contribution in [1.29, 1.82) is 0 Å². The fourth-order valence-corrected chi connectivity index (χ4v) is 2.53. The number of hydrogen-bond donors (Lipinski definition) is 1. The van der Waals surface area contributed by atoms with E-state index in [1.54, 1.807) is 7.11 Å². The van der Waals surface area contributed by atoms with Gasteiger partial charge in [-0.25, -0.2) is 0 Å². The van der Waals surface area contributed by atoms with Crippen LogP contribution in [-0.4, -0.2) is 13.7 Å². The molecule has 2 aromatic carbocycles. The summed E-state index contributed by atoms with van der Waals surface area (Å²) < 4.78 is 5.89. The van der Waals surface area contributed by atoms with Crippen LogP contribution in [-0.2, 0) is 4.84 Å². The molecule has 1 aliphatic rings. The molecule has 1 unspecified atom stereocenters. The SMILES string of the molecule is CONC1CCOc2c(-c3ccccc3)cccc21. The summed E-state index contributed by atoms with van der Waals surface area (Å²) in [7, 11) is 1.65. The molecule has 0 bridgehead atoms. The molecular weight excluding hydrogens is 238 g/mol. The fourth-order valence-electron chi connectivity index (χ4n) is 2.53. The second-order valence-corrected chi connectivity index (χ2v) is 4.60. The molecule has 1 N–H and O–H groups in total. The molecule has 1 aliphatic heterocycles. The molecule has 0 fully saturated rings. The van der Waals surface area contributed by atoms with Crippen molar-refractivity contribution in [3.63, 3.8) is 0 Å². The third kappa shape index (κ3) is 2.35. The minimum Gasteiger partial charge on any atom is -0.493 e. The molecular formula is C16H17NO2. The van der Waals surface area contributed by atoms with E-state index >= 15 is 0 Å². The minimum absolute atomic E-state index is 0.192. The lowest BCUT2D eigenvalue weighted by molar-refractivity contribution is 0.0464. The highest BCUT2D eigenvalue weighted by atomic mass is 16.6. The molecule has 0 aliphatic carbocycles. The van der Waals surface area contributed by atoms with Crippen molar-refractivity contribution in [3.05, 3.63) is 54.1 Å². The van der Waals surface area contributed by atoms with Gasteiger partial charge in [0.15, 0.2) is 0 Å². The highest BCUT2D eigenvalue weighted by Gasteiger charge is 2.23. The Morgan fingerprint density at radius 3 is 2.74 bits per heavy atom. The zero-order chi connectivity index (χ0) is 13.1. The van der Waals surface area contributed by atoms with Crippen molar-refractivity contribution in [2.24, 2.45) is 0 Å². The van der Waals surface area contributed by atoms with E-state index < -0.39 is 0 Å². The van der Waals surface area contributed by atoms with E-state index in [9.17, 15) is 0 Å². The van der Waals surface area contributed by atoms with Gasteiger partial charge in [-0.15, -0.1) is 0 Å². The Labute approximate surface area is 113 Å². The van der Waals surface area contributed by atoms with Crippen LogP contribution >= 0.6 is 0 Å². The molecule has 98 valence electrons. The molecule has 3 heteroatoms. The molecule has 1 heterocycles. The highest BCUT2D eigenvalue weighted by Crippen LogP contribution is 2.39. The minimum atomic E-state index is 0.192. The Morgan fingerprint density at radius 1 is 1.11 bits per heavy atom. The van der Waals surface area contributed by atoms with Gasteiger partial charge in [-0.05, 0) is 5.56 Å². The summed E-state index contributed by atoms with van der Waals surface area (Å²) in [5.74, 6) is 0.967. The van der Waals surface area contributed by atoms with Crippen LogP contribution < -0.4 is 10.2 Å². The summed E-state index contributed by atoms with van der Waals surface area (Å²) in [6.45, 7) is 0.706. The topological polar surface area (TPSA) is 30.5 Å². The van der Waals surface area contributed by atoms with Gasteiger partial charge in [0.1, 0.15) is 5.75 Å². The molecule has 2 aromatic rings. The van der Waals surface area contributed by atoms with E-state index in [-0.39, 0.29) is 6.04 Å². The first kappa shape index (κ1) is 12.2. The average molecular weight is 255 g/mol. The van der Waals surface area contributed by atoms with Gasteiger partial charge in [0.25, 0.3) is 0 Å². The second-order valence-electron chi connectivity index (χ2n) is 4.60. The van der Waals surface area contributed by atoms with E-state index in [4.69, 9.17) is 9.57 Å². The summed E-state index contributed by atoms with van der Waals surface area (Å²) in [4.78, 5) is 5.08. The van der Waals surface area contributed by atoms with E-state index in [1.807, 2.05) is 18.2 Å². The maximum Gasteiger partial charge on any atom is 0.131 e. The number of ether oxygens (including phenoxy) is 1. The van der Waals surface area contributed by atoms with Crippen molar-refractivity contribution >= 4 is 0 Å². The average Bonchev–Trinajstić information content (AvgIpc) is 2.48. The standard InChI is InChI=1S/C16H17NO2/c1-18-17-15-10-11-19-16-13(8-5-9-14(15)16)12-6-3-2-4-7-12/h2-9,15,17H,10-11H2,1H3. The Morgan fingerprint density at radius 2 is 1.95 bits per heavy atom. The zero-order valence-corrected chi connectivity index (χ0v) is 10.9. The Bertz CT molecular complexity index is 554. The molecule has 0 saturated carbocycles. The first-order chi connectivity index (χ1) is 9.40. The van der Waals surface area contributed by atoms with E-state index in [2.05, 4.69) is 35.8 Å². The zero-order valence-electron chi connectivity index (χ0n) is 10.9. The molecule has 1 atom stereocenters. The molecule has 0 amide bonds. The summed E-state index contributed by atoms with van der Waals surface area (Å²) in [6.07, 6.45) is 0.916. The number of fused-ring (bicyclic) bond motifs is 1. The van der Waals surface area contributed by atoms with E-state index in [0.29, 0.717) is 6.61 Å². The van der Waals surface area contributed by atoms with Gasteiger partial charge in [-0.1, -0.05) is 48.5 Å². The molecule has 0 saturated heterocycles. The van der Waals surface area contributed by atoms with Crippen LogP contribution in [0.4, 0.5) is 0 Å². The largest absolute Gasteiger partial charge is 0.493 e. The van der Waals surface area contributed by atoms with Crippen LogP contribution in [0.15, 0.2) is 48.5 Å². The summed E-state index contributed by atoms with van der Waals surface area (Å²) in [5, 5.41) is 0. The Kier molecular flexibility index (Phi) is 3.49. The Hall–Kier alpha value is -1.84. The summed E-state index contributed by atoms with van der Waals surface area (Å²) >= 11 is 0. The number of rotatable bonds is 3. The summed E-state index contributed by atoms with van der Waals surface area (Å²) in [5.41, 5.74) is 6.52. The predicted octanol–water partition coefficient (Wildman–Crippen LogP) is 3.33. The van der Waals surface area contributed by atoms with Crippen molar-refractivity contribution in [2.75, 3.05) is 13.7 Å². The molecule has 0 aromatic heterocycles.